The van der Waals surface area contributed by atoms with Crippen LogP contribution in [-0.2, 0) is 4.79 Å². The molecule has 2 N–H and O–H groups in total. The summed E-state index contributed by atoms with van der Waals surface area (Å²) < 4.78 is 0. The SMILES string of the molecule is CC1(O)C=CC(CCC(=O)O)=CC1. The highest BCUT2D eigenvalue weighted by atomic mass is 16.4. The molecule has 0 aromatic rings. The Morgan fingerprint density at radius 3 is 2.85 bits per heavy atom. The van der Waals surface area contributed by atoms with Crippen LogP contribution in [0.4, 0.5) is 0 Å². The zero-order valence-corrected chi connectivity index (χ0v) is 7.66. The number of aliphatic carboxylic acids is 1. The predicted octanol–water partition coefficient (Wildman–Crippen LogP) is 1.49. The average Bonchev–Trinajstić information content (AvgIpc) is 2.02. The van der Waals surface area contributed by atoms with Crippen LogP contribution in [0.1, 0.15) is 26.2 Å². The summed E-state index contributed by atoms with van der Waals surface area (Å²) in [7, 11) is 0. The minimum absolute atomic E-state index is 0.151. The second kappa shape index (κ2) is 3.75. The molecule has 0 bridgehead atoms. The van der Waals surface area contributed by atoms with E-state index in [1.807, 2.05) is 6.08 Å². The van der Waals surface area contributed by atoms with Gasteiger partial charge in [-0.1, -0.05) is 23.8 Å². The number of carboxylic acid groups (broad SMARTS) is 1. The lowest BCUT2D eigenvalue weighted by atomic mass is 9.92. The van der Waals surface area contributed by atoms with E-state index in [0.29, 0.717) is 12.8 Å². The molecule has 0 saturated carbocycles. The topological polar surface area (TPSA) is 57.5 Å². The van der Waals surface area contributed by atoms with Crippen LogP contribution in [0, 0.1) is 0 Å². The summed E-state index contributed by atoms with van der Waals surface area (Å²) in [6, 6.07) is 0. The number of carbonyl (C=O) groups is 1. The molecule has 0 spiro atoms. The van der Waals surface area contributed by atoms with Crippen molar-refractivity contribution < 1.29 is 15.0 Å². The van der Waals surface area contributed by atoms with Crippen molar-refractivity contribution in [2.24, 2.45) is 0 Å². The van der Waals surface area contributed by atoms with Gasteiger partial charge < -0.3 is 10.2 Å². The molecule has 0 aliphatic heterocycles. The van der Waals surface area contributed by atoms with E-state index in [4.69, 9.17) is 5.11 Å². The van der Waals surface area contributed by atoms with Crippen LogP contribution in [0.2, 0.25) is 0 Å². The van der Waals surface area contributed by atoms with Crippen molar-refractivity contribution in [3.8, 4) is 0 Å². The molecule has 0 saturated heterocycles. The Labute approximate surface area is 77.4 Å². The molecule has 0 heterocycles. The van der Waals surface area contributed by atoms with Gasteiger partial charge in [0.15, 0.2) is 0 Å². The fourth-order valence-corrected chi connectivity index (χ4v) is 1.20. The summed E-state index contributed by atoms with van der Waals surface area (Å²) in [5.41, 5.74) is 0.237. The van der Waals surface area contributed by atoms with Gasteiger partial charge in [0.1, 0.15) is 0 Å². The Hall–Kier alpha value is -1.09. The smallest absolute Gasteiger partial charge is 0.303 e. The van der Waals surface area contributed by atoms with Gasteiger partial charge in [-0.05, 0) is 19.8 Å². The number of aliphatic hydroxyl groups is 1. The van der Waals surface area contributed by atoms with Gasteiger partial charge in [-0.3, -0.25) is 4.79 Å². The standard InChI is InChI=1S/C10H14O3/c1-10(13)6-4-8(5-7-10)2-3-9(11)12/h4-6,13H,2-3,7H2,1H3,(H,11,12). The van der Waals surface area contributed by atoms with Crippen molar-refractivity contribution in [3.63, 3.8) is 0 Å². The molecule has 1 unspecified atom stereocenters. The van der Waals surface area contributed by atoms with Crippen LogP contribution in [0.3, 0.4) is 0 Å². The average molecular weight is 182 g/mol. The minimum Gasteiger partial charge on any atom is -0.481 e. The van der Waals surface area contributed by atoms with E-state index in [1.54, 1.807) is 19.1 Å². The quantitative estimate of drug-likeness (QED) is 0.695. The second-order valence-electron chi connectivity index (χ2n) is 3.57. The first kappa shape index (κ1) is 9.99. The van der Waals surface area contributed by atoms with Crippen molar-refractivity contribution >= 4 is 5.97 Å². The number of carboxylic acids is 1. The lowest BCUT2D eigenvalue weighted by Crippen LogP contribution is -2.21. The van der Waals surface area contributed by atoms with Crippen molar-refractivity contribution in [1.82, 2.24) is 0 Å². The summed E-state index contributed by atoms with van der Waals surface area (Å²) in [6.45, 7) is 1.73. The molecule has 0 aromatic carbocycles. The summed E-state index contributed by atoms with van der Waals surface area (Å²) >= 11 is 0. The summed E-state index contributed by atoms with van der Waals surface area (Å²) in [4.78, 5) is 10.3. The third-order valence-corrected chi connectivity index (χ3v) is 2.06. The fourth-order valence-electron chi connectivity index (χ4n) is 1.20. The van der Waals surface area contributed by atoms with E-state index in [0.717, 1.165) is 5.57 Å². The molecule has 0 radical (unpaired) electrons. The van der Waals surface area contributed by atoms with Crippen LogP contribution in [-0.4, -0.2) is 21.8 Å². The molecule has 3 nitrogen and oxygen atoms in total. The lowest BCUT2D eigenvalue weighted by molar-refractivity contribution is -0.136. The first-order chi connectivity index (χ1) is 5.99. The molecule has 1 atom stereocenters. The number of hydrogen-bond acceptors (Lipinski definition) is 2. The summed E-state index contributed by atoms with van der Waals surface area (Å²) in [6.07, 6.45) is 6.66. The first-order valence-electron chi connectivity index (χ1n) is 4.32. The molecule has 0 fully saturated rings. The molecular formula is C10H14O3. The summed E-state index contributed by atoms with van der Waals surface area (Å²) in [5.74, 6) is -0.786. The van der Waals surface area contributed by atoms with Gasteiger partial charge in [0.05, 0.1) is 5.60 Å². The number of rotatable bonds is 3. The van der Waals surface area contributed by atoms with E-state index < -0.39 is 11.6 Å². The number of hydrogen-bond donors (Lipinski definition) is 2. The van der Waals surface area contributed by atoms with E-state index in [2.05, 4.69) is 0 Å². The van der Waals surface area contributed by atoms with Gasteiger partial charge in [0, 0.05) is 6.42 Å². The second-order valence-corrected chi connectivity index (χ2v) is 3.57. The molecule has 3 heteroatoms. The maximum Gasteiger partial charge on any atom is 0.303 e. The zero-order chi connectivity index (χ0) is 9.90. The highest BCUT2D eigenvalue weighted by molar-refractivity contribution is 5.67. The van der Waals surface area contributed by atoms with E-state index >= 15 is 0 Å². The van der Waals surface area contributed by atoms with E-state index in [1.165, 1.54) is 0 Å². The van der Waals surface area contributed by atoms with Gasteiger partial charge in [-0.15, -0.1) is 0 Å². The van der Waals surface area contributed by atoms with E-state index in [-0.39, 0.29) is 6.42 Å². The van der Waals surface area contributed by atoms with Gasteiger partial charge >= 0.3 is 5.97 Å². The van der Waals surface area contributed by atoms with Crippen LogP contribution in [0.15, 0.2) is 23.8 Å². The Morgan fingerprint density at radius 1 is 1.69 bits per heavy atom. The third kappa shape index (κ3) is 3.42. The molecule has 1 aliphatic carbocycles. The highest BCUT2D eigenvalue weighted by Crippen LogP contribution is 2.22. The lowest BCUT2D eigenvalue weighted by Gasteiger charge is -2.21. The maximum absolute atomic E-state index is 10.3. The van der Waals surface area contributed by atoms with Crippen LogP contribution < -0.4 is 0 Å². The first-order valence-corrected chi connectivity index (χ1v) is 4.32. The van der Waals surface area contributed by atoms with Gasteiger partial charge in [-0.25, -0.2) is 0 Å². The van der Waals surface area contributed by atoms with Crippen molar-refractivity contribution in [2.45, 2.75) is 31.8 Å². The monoisotopic (exact) mass is 182 g/mol. The molecule has 1 aliphatic rings. The molecule has 72 valence electrons. The molecule has 13 heavy (non-hydrogen) atoms. The van der Waals surface area contributed by atoms with Crippen molar-refractivity contribution in [1.29, 1.82) is 0 Å². The Kier molecular flexibility index (Phi) is 2.88. The normalized spacial score (nSPS) is 27.1. The third-order valence-electron chi connectivity index (χ3n) is 2.06. The molecular weight excluding hydrogens is 168 g/mol. The highest BCUT2D eigenvalue weighted by Gasteiger charge is 2.17. The largest absolute Gasteiger partial charge is 0.481 e. The fraction of sp³-hybridized carbons (Fsp3) is 0.500. The summed E-state index contributed by atoms with van der Waals surface area (Å²) in [5, 5.41) is 18.0. The van der Waals surface area contributed by atoms with Crippen LogP contribution >= 0.6 is 0 Å². The van der Waals surface area contributed by atoms with Crippen LogP contribution in [0.25, 0.3) is 0 Å². The minimum atomic E-state index is -0.786. The Morgan fingerprint density at radius 2 is 2.38 bits per heavy atom. The Bertz CT molecular complexity index is 261. The van der Waals surface area contributed by atoms with Gasteiger partial charge in [0.2, 0.25) is 0 Å². The number of allylic oxidation sites excluding steroid dienone is 2. The van der Waals surface area contributed by atoms with Gasteiger partial charge in [-0.2, -0.15) is 0 Å². The molecule has 1 rings (SSSR count). The predicted molar refractivity (Wildman–Crippen MR) is 49.3 cm³/mol. The maximum atomic E-state index is 10.3. The van der Waals surface area contributed by atoms with Crippen LogP contribution in [0.5, 0.6) is 0 Å². The zero-order valence-electron chi connectivity index (χ0n) is 7.66. The van der Waals surface area contributed by atoms with E-state index in [9.17, 15) is 9.90 Å². The molecule has 0 aromatic heterocycles. The van der Waals surface area contributed by atoms with Gasteiger partial charge in [0.25, 0.3) is 0 Å². The van der Waals surface area contributed by atoms with Crippen molar-refractivity contribution in [3.05, 3.63) is 23.8 Å². The molecule has 0 amide bonds. The van der Waals surface area contributed by atoms with Crippen molar-refractivity contribution in [2.75, 3.05) is 0 Å². The Balaban J connectivity index is 2.44.